The molecule has 4 nitrogen and oxygen atoms in total. The van der Waals surface area contributed by atoms with Gasteiger partial charge in [-0.1, -0.05) is 12.1 Å². The largest absolute Gasteiger partial charge is 0.490 e. The highest BCUT2D eigenvalue weighted by atomic mass is 32.2. The normalized spacial score (nSPS) is 23.5. The maximum atomic E-state index is 11.4. The van der Waals surface area contributed by atoms with Gasteiger partial charge in [0.05, 0.1) is 17.4 Å². The predicted molar refractivity (Wildman–Crippen MR) is 67.3 cm³/mol. The first-order valence-electron chi connectivity index (χ1n) is 5.75. The van der Waals surface area contributed by atoms with Gasteiger partial charge in [0.15, 0.2) is 0 Å². The fraction of sp³-hybridized carbons (Fsp3) is 0.417. The molecule has 0 saturated heterocycles. The number of nitrogens with zero attached hydrogens (tertiary/aromatic N) is 1. The maximum absolute atomic E-state index is 11.4. The molecular weight excluding hydrogens is 236 g/mol. The smallest absolute Gasteiger partial charge is 0.145 e. The van der Waals surface area contributed by atoms with Crippen LogP contribution in [0.25, 0.3) is 0 Å². The molecule has 1 saturated carbocycles. The number of hydrogen-bond acceptors (Lipinski definition) is 3. The monoisotopic (exact) mass is 250 g/mol. The number of rotatable bonds is 2. The van der Waals surface area contributed by atoms with Crippen molar-refractivity contribution < 1.29 is 8.95 Å². The van der Waals surface area contributed by atoms with Crippen LogP contribution in [0.3, 0.4) is 0 Å². The molecule has 1 fully saturated rings. The molecule has 0 bridgehead atoms. The van der Waals surface area contributed by atoms with E-state index in [9.17, 15) is 4.21 Å². The Hall–Kier alpha value is -1.36. The van der Waals surface area contributed by atoms with Crippen LogP contribution in [0.4, 0.5) is 0 Å². The number of fused-ring (bicyclic) bond motifs is 1. The summed E-state index contributed by atoms with van der Waals surface area (Å²) in [6, 6.07) is 5.76. The van der Waals surface area contributed by atoms with E-state index in [1.165, 1.54) is 6.42 Å². The van der Waals surface area contributed by atoms with Crippen molar-refractivity contribution in [3.63, 3.8) is 0 Å². The van der Waals surface area contributed by atoms with E-state index in [-0.39, 0.29) is 0 Å². The molecule has 5 heteroatoms. The van der Waals surface area contributed by atoms with Crippen LogP contribution < -0.4 is 10.5 Å². The zero-order valence-electron chi connectivity index (χ0n) is 9.39. The molecule has 0 amide bonds. The first-order valence-corrected chi connectivity index (χ1v) is 7.03. The van der Waals surface area contributed by atoms with Gasteiger partial charge in [-0.25, -0.2) is 4.21 Å². The summed E-state index contributed by atoms with van der Waals surface area (Å²) in [5, 5.41) is 0. The Labute approximate surface area is 102 Å². The Morgan fingerprint density at radius 3 is 2.94 bits per heavy atom. The third-order valence-electron chi connectivity index (χ3n) is 3.19. The Bertz CT molecular complexity index is 509. The average molecular weight is 250 g/mol. The minimum absolute atomic E-state index is 0.307. The highest BCUT2D eigenvalue weighted by molar-refractivity contribution is 7.83. The molecule has 1 aliphatic heterocycles. The van der Waals surface area contributed by atoms with Crippen molar-refractivity contribution in [2.24, 2.45) is 10.1 Å². The third-order valence-corrected chi connectivity index (χ3v) is 4.15. The summed E-state index contributed by atoms with van der Waals surface area (Å²) in [4.78, 5) is 0. The first kappa shape index (κ1) is 10.8. The van der Waals surface area contributed by atoms with Gasteiger partial charge in [-0.05, 0) is 30.9 Å². The van der Waals surface area contributed by atoms with Crippen molar-refractivity contribution in [3.8, 4) is 5.75 Å². The summed E-state index contributed by atoms with van der Waals surface area (Å²) in [5.74, 6) is 1.54. The second-order valence-electron chi connectivity index (χ2n) is 4.40. The Kier molecular flexibility index (Phi) is 2.63. The third kappa shape index (κ3) is 1.95. The van der Waals surface area contributed by atoms with Crippen LogP contribution in [0.2, 0.25) is 0 Å². The lowest BCUT2D eigenvalue weighted by molar-refractivity contribution is 0.120. The van der Waals surface area contributed by atoms with Crippen LogP contribution in [0.1, 0.15) is 30.4 Å². The molecule has 0 spiro atoms. The van der Waals surface area contributed by atoms with Crippen molar-refractivity contribution in [2.45, 2.75) is 31.1 Å². The number of ether oxygens (including phenoxy) is 1. The fourth-order valence-corrected chi connectivity index (χ4v) is 2.96. The quantitative estimate of drug-likeness (QED) is 0.865. The molecule has 1 aromatic carbocycles. The Balaban J connectivity index is 1.98. The fourth-order valence-electron chi connectivity index (χ4n) is 2.07. The number of hydrogen-bond donors (Lipinski definition) is 1. The van der Waals surface area contributed by atoms with E-state index in [0.29, 0.717) is 17.7 Å². The lowest BCUT2D eigenvalue weighted by Crippen LogP contribution is -2.28. The summed E-state index contributed by atoms with van der Waals surface area (Å²) in [6.45, 7) is 0. The molecule has 1 aliphatic carbocycles. The van der Waals surface area contributed by atoms with Crippen LogP contribution >= 0.6 is 0 Å². The van der Waals surface area contributed by atoms with Gasteiger partial charge < -0.3 is 10.5 Å². The first-order chi connectivity index (χ1) is 8.24. The molecule has 1 unspecified atom stereocenters. The van der Waals surface area contributed by atoms with E-state index >= 15 is 0 Å². The summed E-state index contributed by atoms with van der Waals surface area (Å²) in [6.07, 6.45) is 3.74. The van der Waals surface area contributed by atoms with E-state index in [0.717, 1.165) is 29.7 Å². The maximum Gasteiger partial charge on any atom is 0.145 e. The van der Waals surface area contributed by atoms with E-state index < -0.39 is 11.0 Å². The number of nitrogens with two attached hydrogens (primary N) is 1. The minimum Gasteiger partial charge on any atom is -0.490 e. The molecule has 1 heterocycles. The van der Waals surface area contributed by atoms with Gasteiger partial charge in [0.25, 0.3) is 0 Å². The van der Waals surface area contributed by atoms with Gasteiger partial charge in [0.2, 0.25) is 0 Å². The summed E-state index contributed by atoms with van der Waals surface area (Å²) < 4.78 is 21.3. The molecule has 3 rings (SSSR count). The standard InChI is InChI=1S/C12H14N2O2S/c13-12-11-8(7-17(15)14-12)3-1-6-10(11)16-9-4-2-5-9/h1,3,6,9H,2,4-5,7H2,(H2,13,14). The number of benzene rings is 1. The van der Waals surface area contributed by atoms with E-state index in [1.54, 1.807) is 0 Å². The highest BCUT2D eigenvalue weighted by Crippen LogP contribution is 2.31. The Morgan fingerprint density at radius 1 is 1.41 bits per heavy atom. The van der Waals surface area contributed by atoms with Crippen molar-refractivity contribution in [3.05, 3.63) is 29.3 Å². The SMILES string of the molecule is NC1=NS(=O)Cc2cccc(OC3CCC3)c21. The summed E-state index contributed by atoms with van der Waals surface area (Å²) >= 11 is 0. The van der Waals surface area contributed by atoms with Crippen LogP contribution in [0.15, 0.2) is 22.6 Å². The molecule has 0 radical (unpaired) electrons. The summed E-state index contributed by atoms with van der Waals surface area (Å²) in [7, 11) is -1.23. The molecule has 90 valence electrons. The zero-order valence-corrected chi connectivity index (χ0v) is 10.2. The highest BCUT2D eigenvalue weighted by Gasteiger charge is 2.24. The van der Waals surface area contributed by atoms with Gasteiger partial charge in [0, 0.05) is 0 Å². The van der Waals surface area contributed by atoms with E-state index in [4.69, 9.17) is 10.5 Å². The van der Waals surface area contributed by atoms with Crippen molar-refractivity contribution in [1.82, 2.24) is 0 Å². The molecule has 1 aromatic rings. The molecule has 17 heavy (non-hydrogen) atoms. The molecule has 0 aromatic heterocycles. The topological polar surface area (TPSA) is 64.7 Å². The van der Waals surface area contributed by atoms with Crippen molar-refractivity contribution in [2.75, 3.05) is 0 Å². The van der Waals surface area contributed by atoms with Crippen LogP contribution in [-0.4, -0.2) is 16.1 Å². The van der Waals surface area contributed by atoms with Gasteiger partial charge in [-0.3, -0.25) is 0 Å². The summed E-state index contributed by atoms with van der Waals surface area (Å²) in [5.41, 5.74) is 7.65. The van der Waals surface area contributed by atoms with E-state index in [2.05, 4.69) is 4.40 Å². The molecule has 2 aliphatic rings. The molecule has 1 atom stereocenters. The van der Waals surface area contributed by atoms with E-state index in [1.807, 2.05) is 18.2 Å². The molecule has 2 N–H and O–H groups in total. The van der Waals surface area contributed by atoms with Gasteiger partial charge in [0.1, 0.15) is 22.6 Å². The van der Waals surface area contributed by atoms with Gasteiger partial charge >= 0.3 is 0 Å². The van der Waals surface area contributed by atoms with Crippen molar-refractivity contribution >= 4 is 16.8 Å². The second kappa shape index (κ2) is 4.14. The Morgan fingerprint density at radius 2 is 2.24 bits per heavy atom. The predicted octanol–water partition coefficient (Wildman–Crippen LogP) is 1.50. The minimum atomic E-state index is -1.23. The average Bonchev–Trinajstić information content (AvgIpc) is 2.22. The van der Waals surface area contributed by atoms with Gasteiger partial charge in [-0.15, -0.1) is 0 Å². The number of amidine groups is 1. The van der Waals surface area contributed by atoms with Crippen LogP contribution in [-0.2, 0) is 16.7 Å². The second-order valence-corrected chi connectivity index (χ2v) is 5.52. The lowest BCUT2D eigenvalue weighted by Gasteiger charge is -2.28. The zero-order chi connectivity index (χ0) is 11.8. The van der Waals surface area contributed by atoms with Crippen LogP contribution in [0.5, 0.6) is 5.75 Å². The van der Waals surface area contributed by atoms with Gasteiger partial charge in [-0.2, -0.15) is 4.40 Å². The van der Waals surface area contributed by atoms with Crippen molar-refractivity contribution in [1.29, 1.82) is 0 Å². The van der Waals surface area contributed by atoms with Crippen LogP contribution in [0, 0.1) is 0 Å². The molecular formula is C12H14N2O2S. The lowest BCUT2D eigenvalue weighted by atomic mass is 9.96.